The largest absolute Gasteiger partial charge is 0.465 e. The van der Waals surface area contributed by atoms with Crippen LogP contribution in [0.4, 0.5) is 10.7 Å². The summed E-state index contributed by atoms with van der Waals surface area (Å²) in [4.78, 5) is 43.6. The molecule has 1 unspecified atom stereocenters. The van der Waals surface area contributed by atoms with Gasteiger partial charge in [-0.25, -0.2) is 4.79 Å². The van der Waals surface area contributed by atoms with Crippen molar-refractivity contribution in [3.05, 3.63) is 112 Å². The van der Waals surface area contributed by atoms with Gasteiger partial charge in [0, 0.05) is 40.7 Å². The van der Waals surface area contributed by atoms with Gasteiger partial charge in [0.15, 0.2) is 0 Å². The van der Waals surface area contributed by atoms with Crippen molar-refractivity contribution in [2.24, 2.45) is 0 Å². The third-order valence-corrected chi connectivity index (χ3v) is 9.92. The molecule has 2 amide bonds. The summed E-state index contributed by atoms with van der Waals surface area (Å²) in [6.07, 6.45) is 1.30. The summed E-state index contributed by atoms with van der Waals surface area (Å²) in [6, 6.07) is 25.3. The second-order valence-corrected chi connectivity index (χ2v) is 12.8. The highest BCUT2D eigenvalue weighted by atomic mass is 32.2. The van der Waals surface area contributed by atoms with E-state index in [0.29, 0.717) is 41.2 Å². The molecule has 1 atom stereocenters. The summed E-state index contributed by atoms with van der Waals surface area (Å²) in [5.74, 6) is -0.779. The van der Waals surface area contributed by atoms with Gasteiger partial charge in [-0.3, -0.25) is 14.5 Å². The van der Waals surface area contributed by atoms with Crippen molar-refractivity contribution < 1.29 is 19.1 Å². The molecule has 1 aliphatic heterocycles. The summed E-state index contributed by atoms with van der Waals surface area (Å²) in [5.41, 5.74) is 4.86. The Morgan fingerprint density at radius 1 is 1.00 bits per heavy atom. The van der Waals surface area contributed by atoms with Gasteiger partial charge in [0.05, 0.1) is 17.9 Å². The zero-order chi connectivity index (χ0) is 30.3. The van der Waals surface area contributed by atoms with Crippen LogP contribution >= 0.6 is 23.1 Å². The second-order valence-electron chi connectivity index (χ2n) is 10.4. The van der Waals surface area contributed by atoms with Crippen LogP contribution < -0.4 is 10.6 Å². The maximum absolute atomic E-state index is 13.6. The van der Waals surface area contributed by atoms with Crippen LogP contribution in [-0.2, 0) is 29.0 Å². The van der Waals surface area contributed by atoms with E-state index in [1.165, 1.54) is 35.8 Å². The number of benzene rings is 3. The Kier molecular flexibility index (Phi) is 9.97. The Balaban J connectivity index is 1.29. The molecule has 0 saturated carbocycles. The lowest BCUT2D eigenvalue weighted by Gasteiger charge is -2.27. The maximum atomic E-state index is 13.6. The Morgan fingerprint density at radius 2 is 1.77 bits per heavy atom. The summed E-state index contributed by atoms with van der Waals surface area (Å²) in [5, 5.41) is 6.17. The molecular weight excluding hydrogens is 579 g/mol. The van der Waals surface area contributed by atoms with Gasteiger partial charge < -0.3 is 15.4 Å². The number of nitrogens with one attached hydrogen (secondary N) is 2. The van der Waals surface area contributed by atoms with E-state index in [2.05, 4.69) is 27.7 Å². The molecule has 0 bridgehead atoms. The fourth-order valence-electron chi connectivity index (χ4n) is 5.19. The first kappa shape index (κ1) is 30.5. The van der Waals surface area contributed by atoms with Crippen LogP contribution in [0.5, 0.6) is 0 Å². The zero-order valence-corrected chi connectivity index (χ0v) is 26.1. The van der Waals surface area contributed by atoms with Crippen molar-refractivity contribution in [2.45, 2.75) is 49.9 Å². The molecule has 2 heterocycles. The number of anilines is 2. The molecule has 0 saturated heterocycles. The summed E-state index contributed by atoms with van der Waals surface area (Å²) in [7, 11) is 1.37. The molecule has 2 N–H and O–H groups in total. The number of methoxy groups -OCH3 is 1. The molecule has 0 fully saturated rings. The van der Waals surface area contributed by atoms with E-state index < -0.39 is 11.2 Å². The molecule has 7 nitrogen and oxygen atoms in total. The predicted molar refractivity (Wildman–Crippen MR) is 174 cm³/mol. The minimum absolute atomic E-state index is 0.174. The van der Waals surface area contributed by atoms with Crippen LogP contribution in [0.15, 0.2) is 83.8 Å². The van der Waals surface area contributed by atoms with Gasteiger partial charge in [-0.2, -0.15) is 0 Å². The van der Waals surface area contributed by atoms with E-state index in [9.17, 15) is 14.4 Å². The molecule has 4 aromatic rings. The van der Waals surface area contributed by atoms with Crippen LogP contribution in [-0.4, -0.2) is 41.6 Å². The molecular formula is C34H35N3O4S2. The number of fused-ring (bicyclic) bond motifs is 1. The van der Waals surface area contributed by atoms with Crippen molar-refractivity contribution in [1.29, 1.82) is 0 Å². The number of nitrogens with zero attached hydrogens (tertiary/aromatic N) is 1. The lowest BCUT2D eigenvalue weighted by Crippen LogP contribution is -2.30. The molecule has 222 valence electrons. The number of esters is 1. The van der Waals surface area contributed by atoms with Crippen molar-refractivity contribution in [2.75, 3.05) is 24.3 Å². The topological polar surface area (TPSA) is 87.7 Å². The molecule has 1 aliphatic rings. The minimum Gasteiger partial charge on any atom is -0.465 e. The van der Waals surface area contributed by atoms with Gasteiger partial charge in [0.2, 0.25) is 5.91 Å². The number of thioether (sulfide) groups is 1. The van der Waals surface area contributed by atoms with E-state index in [1.54, 1.807) is 6.07 Å². The van der Waals surface area contributed by atoms with Crippen molar-refractivity contribution in [3.8, 4) is 0 Å². The zero-order valence-electron chi connectivity index (χ0n) is 24.5. The smallest absolute Gasteiger partial charge is 0.341 e. The lowest BCUT2D eigenvalue weighted by molar-refractivity contribution is -0.115. The fraction of sp³-hybridized carbons (Fsp3) is 0.265. The van der Waals surface area contributed by atoms with Gasteiger partial charge in [-0.05, 0) is 60.7 Å². The Bertz CT molecular complexity index is 1620. The van der Waals surface area contributed by atoms with Gasteiger partial charge in [-0.1, -0.05) is 61.5 Å². The highest BCUT2D eigenvalue weighted by molar-refractivity contribution is 8.00. The molecule has 9 heteroatoms. The lowest BCUT2D eigenvalue weighted by atomic mass is 10.0. The highest BCUT2D eigenvalue weighted by Crippen LogP contribution is 2.39. The molecule has 0 radical (unpaired) electrons. The van der Waals surface area contributed by atoms with E-state index in [0.717, 1.165) is 34.0 Å². The number of hydrogen-bond donors (Lipinski definition) is 2. The van der Waals surface area contributed by atoms with Gasteiger partial charge >= 0.3 is 5.97 Å². The first-order valence-electron chi connectivity index (χ1n) is 14.3. The first-order valence-corrected chi connectivity index (χ1v) is 16.0. The predicted octanol–water partition coefficient (Wildman–Crippen LogP) is 7.16. The van der Waals surface area contributed by atoms with Crippen LogP contribution in [0.25, 0.3) is 0 Å². The number of aryl methyl sites for hydroxylation is 1. The van der Waals surface area contributed by atoms with Crippen LogP contribution in [0, 0.1) is 6.92 Å². The van der Waals surface area contributed by atoms with Crippen LogP contribution in [0.2, 0.25) is 0 Å². The monoisotopic (exact) mass is 613 g/mol. The summed E-state index contributed by atoms with van der Waals surface area (Å²) in [6.45, 7) is 6.22. The molecule has 43 heavy (non-hydrogen) atoms. The molecule has 5 rings (SSSR count). The molecule has 3 aromatic carbocycles. The molecule has 1 aromatic heterocycles. The van der Waals surface area contributed by atoms with E-state index >= 15 is 0 Å². The average Bonchev–Trinajstić information content (AvgIpc) is 3.37. The standard InChI is InChI=1S/C34H35N3O4S2/c1-4-28(42-25-15-10-14-24(19-25)35-31(38)26-16-9-8-11-22(26)2)32(39)36-33-30(34(40)41-3)27-17-18-37(21-29(27)43-33)20-23-12-6-5-7-13-23/h5-16,19,28H,4,17-18,20-21H2,1-3H3,(H,35,38)(H,36,39). The fourth-order valence-corrected chi connectivity index (χ4v) is 7.49. The molecule has 0 aliphatic carbocycles. The van der Waals surface area contributed by atoms with Gasteiger partial charge in [0.1, 0.15) is 5.00 Å². The summed E-state index contributed by atoms with van der Waals surface area (Å²) < 4.78 is 5.14. The van der Waals surface area contributed by atoms with Crippen LogP contribution in [0.1, 0.15) is 55.6 Å². The second kappa shape index (κ2) is 14.0. The number of amides is 2. The van der Waals surface area contributed by atoms with Crippen molar-refractivity contribution >= 4 is 51.6 Å². The van der Waals surface area contributed by atoms with E-state index in [-0.39, 0.29) is 11.8 Å². The van der Waals surface area contributed by atoms with Gasteiger partial charge in [-0.15, -0.1) is 23.1 Å². The number of ether oxygens (including phenoxy) is 1. The van der Waals surface area contributed by atoms with E-state index in [4.69, 9.17) is 4.74 Å². The number of thiophene rings is 1. The van der Waals surface area contributed by atoms with Crippen molar-refractivity contribution in [3.63, 3.8) is 0 Å². The van der Waals surface area contributed by atoms with E-state index in [1.807, 2.05) is 74.5 Å². The Morgan fingerprint density at radius 3 is 2.51 bits per heavy atom. The third-order valence-electron chi connectivity index (χ3n) is 7.43. The number of carbonyl (C=O) groups is 3. The average molecular weight is 614 g/mol. The highest BCUT2D eigenvalue weighted by Gasteiger charge is 2.30. The minimum atomic E-state index is -0.429. The first-order chi connectivity index (χ1) is 20.9. The quantitative estimate of drug-likeness (QED) is 0.146. The Labute approximate surface area is 260 Å². The normalized spacial score (nSPS) is 13.6. The summed E-state index contributed by atoms with van der Waals surface area (Å²) >= 11 is 2.89. The number of carbonyl (C=O) groups excluding carboxylic acids is 3. The number of rotatable bonds is 10. The Hall–Kier alpha value is -3.92. The van der Waals surface area contributed by atoms with Crippen LogP contribution in [0.3, 0.4) is 0 Å². The van der Waals surface area contributed by atoms with Crippen molar-refractivity contribution in [1.82, 2.24) is 4.90 Å². The maximum Gasteiger partial charge on any atom is 0.341 e. The SMILES string of the molecule is CCC(Sc1cccc(NC(=O)c2ccccc2C)c1)C(=O)Nc1sc2c(c1C(=O)OC)CCN(Cc1ccccc1)C2. The van der Waals surface area contributed by atoms with Gasteiger partial charge in [0.25, 0.3) is 5.91 Å². The molecule has 0 spiro atoms. The third kappa shape index (κ3) is 7.36. The number of hydrogen-bond acceptors (Lipinski definition) is 7.